The lowest BCUT2D eigenvalue weighted by atomic mass is 10.2. The maximum atomic E-state index is 9.68. The van der Waals surface area contributed by atoms with E-state index in [4.69, 9.17) is 11.6 Å². The molecule has 0 fully saturated rings. The van der Waals surface area contributed by atoms with Gasteiger partial charge in [-0.3, -0.25) is 4.99 Å². The molecule has 0 aromatic heterocycles. The molecule has 0 spiro atoms. The van der Waals surface area contributed by atoms with Gasteiger partial charge in [-0.25, -0.2) is 0 Å². The fourth-order valence-electron chi connectivity index (χ4n) is 1.47. The smallest absolute Gasteiger partial charge is 0.141 e. The van der Waals surface area contributed by atoms with Gasteiger partial charge in [0.2, 0.25) is 0 Å². The van der Waals surface area contributed by atoms with E-state index in [1.165, 1.54) is 0 Å². The van der Waals surface area contributed by atoms with Gasteiger partial charge in [-0.2, -0.15) is 0 Å². The molecule has 86 valence electrons. The molecular formula is C14H12ClNO. The van der Waals surface area contributed by atoms with E-state index in [1.54, 1.807) is 18.3 Å². The molecular weight excluding hydrogens is 234 g/mol. The summed E-state index contributed by atoms with van der Waals surface area (Å²) >= 11 is 5.87. The number of phenolic OH excluding ortho intramolecular Hbond substituents is 1. The third-order valence-corrected chi connectivity index (χ3v) is 2.57. The second-order valence-electron chi connectivity index (χ2n) is 3.81. The average molecular weight is 246 g/mol. The summed E-state index contributed by atoms with van der Waals surface area (Å²) in [6, 6.07) is 12.8. The summed E-state index contributed by atoms with van der Waals surface area (Å²) in [5.41, 5.74) is 2.46. The first-order valence-corrected chi connectivity index (χ1v) is 5.62. The number of rotatable bonds is 2. The number of hydrogen-bond acceptors (Lipinski definition) is 2. The Hall–Kier alpha value is -1.80. The molecule has 2 nitrogen and oxygen atoms in total. The second kappa shape index (κ2) is 5.02. The van der Waals surface area contributed by atoms with Gasteiger partial charge in [0.1, 0.15) is 11.4 Å². The summed E-state index contributed by atoms with van der Waals surface area (Å²) in [7, 11) is 0. The Morgan fingerprint density at radius 2 is 2.00 bits per heavy atom. The number of hydrogen-bond donors (Lipinski definition) is 1. The molecule has 0 saturated carbocycles. The maximum absolute atomic E-state index is 9.68. The van der Waals surface area contributed by atoms with Crippen LogP contribution in [0.25, 0.3) is 0 Å². The van der Waals surface area contributed by atoms with Crippen molar-refractivity contribution in [3.63, 3.8) is 0 Å². The van der Waals surface area contributed by atoms with Crippen LogP contribution in [0.2, 0.25) is 5.02 Å². The highest BCUT2D eigenvalue weighted by atomic mass is 35.5. The molecule has 0 aliphatic carbocycles. The standard InChI is InChI=1S/C14H12ClNO/c1-10-5-6-13(14(17)7-10)16-9-11-3-2-4-12(15)8-11/h2-9,17H,1H3. The number of aromatic hydroxyl groups is 1. The Labute approximate surface area is 105 Å². The number of nitrogens with zero attached hydrogens (tertiary/aromatic N) is 1. The minimum atomic E-state index is 0.184. The Kier molecular flexibility index (Phi) is 3.45. The predicted octanol–water partition coefficient (Wildman–Crippen LogP) is 4.10. The molecule has 0 amide bonds. The average Bonchev–Trinajstić information content (AvgIpc) is 2.28. The molecule has 2 rings (SSSR count). The molecule has 2 aromatic carbocycles. The summed E-state index contributed by atoms with van der Waals surface area (Å²) in [6.45, 7) is 1.92. The quantitative estimate of drug-likeness (QED) is 0.794. The normalized spacial score (nSPS) is 10.9. The summed E-state index contributed by atoms with van der Waals surface area (Å²) < 4.78 is 0. The third-order valence-electron chi connectivity index (χ3n) is 2.33. The molecule has 3 heteroatoms. The monoisotopic (exact) mass is 245 g/mol. The van der Waals surface area contributed by atoms with E-state index in [9.17, 15) is 5.11 Å². The lowest BCUT2D eigenvalue weighted by Gasteiger charge is -2.00. The second-order valence-corrected chi connectivity index (χ2v) is 4.24. The molecule has 0 aliphatic heterocycles. The zero-order chi connectivity index (χ0) is 12.3. The van der Waals surface area contributed by atoms with Crippen LogP contribution < -0.4 is 0 Å². The first kappa shape index (κ1) is 11.7. The van der Waals surface area contributed by atoms with Crippen LogP contribution >= 0.6 is 11.6 Å². The minimum Gasteiger partial charge on any atom is -0.506 e. The highest BCUT2D eigenvalue weighted by Crippen LogP contribution is 2.26. The summed E-state index contributed by atoms with van der Waals surface area (Å²) in [5.74, 6) is 0.184. The number of halogens is 1. The van der Waals surface area contributed by atoms with Gasteiger partial charge in [-0.1, -0.05) is 29.8 Å². The Balaban J connectivity index is 2.26. The number of phenols is 1. The van der Waals surface area contributed by atoms with Crippen molar-refractivity contribution in [1.29, 1.82) is 0 Å². The van der Waals surface area contributed by atoms with Gasteiger partial charge in [0.25, 0.3) is 0 Å². The Bertz CT molecular complexity index is 564. The maximum Gasteiger partial charge on any atom is 0.141 e. The van der Waals surface area contributed by atoms with E-state index in [2.05, 4.69) is 4.99 Å². The SMILES string of the molecule is Cc1ccc(N=Cc2cccc(Cl)c2)c(O)c1. The van der Waals surface area contributed by atoms with Crippen LogP contribution in [-0.2, 0) is 0 Å². The van der Waals surface area contributed by atoms with Gasteiger partial charge in [0.15, 0.2) is 0 Å². The number of aryl methyl sites for hydroxylation is 1. The van der Waals surface area contributed by atoms with Crippen LogP contribution in [0.15, 0.2) is 47.5 Å². The molecule has 0 bridgehead atoms. The van der Waals surface area contributed by atoms with Crippen LogP contribution in [0.4, 0.5) is 5.69 Å². The van der Waals surface area contributed by atoms with Gasteiger partial charge < -0.3 is 5.11 Å². The van der Waals surface area contributed by atoms with E-state index in [1.807, 2.05) is 37.3 Å². The van der Waals surface area contributed by atoms with Gasteiger partial charge >= 0.3 is 0 Å². The van der Waals surface area contributed by atoms with Crippen LogP contribution in [0.5, 0.6) is 5.75 Å². The molecule has 1 N–H and O–H groups in total. The largest absolute Gasteiger partial charge is 0.506 e. The fraction of sp³-hybridized carbons (Fsp3) is 0.0714. The van der Waals surface area contributed by atoms with E-state index in [-0.39, 0.29) is 5.75 Å². The van der Waals surface area contributed by atoms with Crippen molar-refractivity contribution in [3.8, 4) is 5.75 Å². The molecule has 0 aliphatic rings. The third kappa shape index (κ3) is 3.08. The van der Waals surface area contributed by atoms with Gasteiger partial charge in [-0.05, 0) is 42.3 Å². The van der Waals surface area contributed by atoms with E-state index in [0.29, 0.717) is 10.7 Å². The first-order valence-electron chi connectivity index (χ1n) is 5.24. The van der Waals surface area contributed by atoms with Crippen molar-refractivity contribution in [3.05, 3.63) is 58.6 Å². The minimum absolute atomic E-state index is 0.184. The van der Waals surface area contributed by atoms with E-state index >= 15 is 0 Å². The van der Waals surface area contributed by atoms with Crippen molar-refractivity contribution in [2.75, 3.05) is 0 Å². The Morgan fingerprint density at radius 1 is 1.18 bits per heavy atom. The molecule has 0 radical (unpaired) electrons. The van der Waals surface area contributed by atoms with Crippen molar-refractivity contribution >= 4 is 23.5 Å². The van der Waals surface area contributed by atoms with Crippen LogP contribution in [-0.4, -0.2) is 11.3 Å². The fourth-order valence-corrected chi connectivity index (χ4v) is 1.67. The zero-order valence-electron chi connectivity index (χ0n) is 9.39. The highest BCUT2D eigenvalue weighted by Gasteiger charge is 1.98. The van der Waals surface area contributed by atoms with Gasteiger partial charge in [-0.15, -0.1) is 0 Å². The van der Waals surface area contributed by atoms with Crippen LogP contribution in [0.3, 0.4) is 0 Å². The van der Waals surface area contributed by atoms with Crippen molar-refractivity contribution in [1.82, 2.24) is 0 Å². The summed E-state index contributed by atoms with van der Waals surface area (Å²) in [6.07, 6.45) is 1.68. The first-order chi connectivity index (χ1) is 8.15. The molecule has 0 unspecified atom stereocenters. The lowest BCUT2D eigenvalue weighted by molar-refractivity contribution is 0.476. The van der Waals surface area contributed by atoms with Crippen molar-refractivity contribution in [2.45, 2.75) is 6.92 Å². The molecule has 2 aromatic rings. The van der Waals surface area contributed by atoms with Crippen molar-refractivity contribution in [2.24, 2.45) is 4.99 Å². The van der Waals surface area contributed by atoms with E-state index < -0.39 is 0 Å². The van der Waals surface area contributed by atoms with Gasteiger partial charge in [0.05, 0.1) is 0 Å². The molecule has 0 heterocycles. The molecule has 17 heavy (non-hydrogen) atoms. The van der Waals surface area contributed by atoms with E-state index in [0.717, 1.165) is 11.1 Å². The zero-order valence-corrected chi connectivity index (χ0v) is 10.1. The molecule has 0 saturated heterocycles. The number of aliphatic imine (C=N–C) groups is 1. The topological polar surface area (TPSA) is 32.6 Å². The molecule has 0 atom stereocenters. The summed E-state index contributed by atoms with van der Waals surface area (Å²) in [5, 5.41) is 10.4. The van der Waals surface area contributed by atoms with Crippen LogP contribution in [0, 0.1) is 6.92 Å². The predicted molar refractivity (Wildman–Crippen MR) is 71.5 cm³/mol. The summed E-state index contributed by atoms with van der Waals surface area (Å²) in [4.78, 5) is 4.22. The van der Waals surface area contributed by atoms with Crippen LogP contribution in [0.1, 0.15) is 11.1 Å². The lowest BCUT2D eigenvalue weighted by Crippen LogP contribution is -1.80. The highest BCUT2D eigenvalue weighted by molar-refractivity contribution is 6.30. The van der Waals surface area contributed by atoms with Gasteiger partial charge in [0, 0.05) is 11.2 Å². The van der Waals surface area contributed by atoms with Crippen molar-refractivity contribution < 1.29 is 5.11 Å². The Morgan fingerprint density at radius 3 is 2.71 bits per heavy atom. The number of benzene rings is 2.